The SMILES string of the molecule is CCOC(=O)O/N=C(\N)Cc1ccncc1. The lowest BCUT2D eigenvalue weighted by molar-refractivity contribution is 0.0610. The van der Waals surface area contributed by atoms with Gasteiger partial charge in [0.1, 0.15) is 5.84 Å². The van der Waals surface area contributed by atoms with Crippen molar-refractivity contribution in [1.82, 2.24) is 4.98 Å². The van der Waals surface area contributed by atoms with Gasteiger partial charge in [0.25, 0.3) is 0 Å². The van der Waals surface area contributed by atoms with Crippen LogP contribution in [0.2, 0.25) is 0 Å². The fourth-order valence-electron chi connectivity index (χ4n) is 0.982. The zero-order valence-electron chi connectivity index (χ0n) is 8.92. The Kier molecular flexibility index (Phi) is 4.78. The number of nitrogens with zero attached hydrogens (tertiary/aromatic N) is 2. The molecule has 0 saturated carbocycles. The van der Waals surface area contributed by atoms with Crippen molar-refractivity contribution in [2.24, 2.45) is 10.9 Å². The minimum absolute atomic E-state index is 0.194. The van der Waals surface area contributed by atoms with E-state index in [9.17, 15) is 4.79 Å². The Morgan fingerprint density at radius 3 is 2.81 bits per heavy atom. The van der Waals surface area contributed by atoms with Crippen LogP contribution in [0.4, 0.5) is 4.79 Å². The first-order valence-corrected chi connectivity index (χ1v) is 4.77. The van der Waals surface area contributed by atoms with Crippen LogP contribution in [0.1, 0.15) is 12.5 Å². The van der Waals surface area contributed by atoms with E-state index in [0.29, 0.717) is 6.42 Å². The molecule has 0 aromatic carbocycles. The van der Waals surface area contributed by atoms with Gasteiger partial charge in [0.15, 0.2) is 0 Å². The van der Waals surface area contributed by atoms with Gasteiger partial charge in [-0.05, 0) is 24.6 Å². The molecule has 0 atom stereocenters. The second-order valence-corrected chi connectivity index (χ2v) is 2.89. The lowest BCUT2D eigenvalue weighted by Crippen LogP contribution is -2.17. The average molecular weight is 223 g/mol. The third-order valence-corrected chi connectivity index (χ3v) is 1.63. The molecular formula is C10H13N3O3. The molecule has 6 nitrogen and oxygen atoms in total. The summed E-state index contributed by atoms with van der Waals surface area (Å²) < 4.78 is 4.51. The molecule has 1 rings (SSSR count). The maximum absolute atomic E-state index is 10.8. The lowest BCUT2D eigenvalue weighted by atomic mass is 10.2. The topological polar surface area (TPSA) is 86.8 Å². The number of carbonyl (C=O) groups is 1. The van der Waals surface area contributed by atoms with Gasteiger partial charge in [-0.3, -0.25) is 9.82 Å². The maximum atomic E-state index is 10.8. The summed E-state index contributed by atoms with van der Waals surface area (Å²) in [7, 11) is 0. The molecule has 0 radical (unpaired) electrons. The minimum Gasteiger partial charge on any atom is -0.433 e. The number of oxime groups is 1. The minimum atomic E-state index is -0.861. The van der Waals surface area contributed by atoms with Gasteiger partial charge in [0, 0.05) is 18.8 Å². The van der Waals surface area contributed by atoms with Crippen LogP contribution >= 0.6 is 0 Å². The Balaban J connectivity index is 2.43. The lowest BCUT2D eigenvalue weighted by Gasteiger charge is -2.00. The smallest absolute Gasteiger partial charge is 0.433 e. The monoisotopic (exact) mass is 223 g/mol. The van der Waals surface area contributed by atoms with Crippen molar-refractivity contribution < 1.29 is 14.4 Å². The summed E-state index contributed by atoms with van der Waals surface area (Å²) in [5, 5.41) is 3.44. The number of hydrogen-bond acceptors (Lipinski definition) is 5. The molecule has 1 heterocycles. The fraction of sp³-hybridized carbons (Fsp3) is 0.300. The first-order chi connectivity index (χ1) is 7.72. The average Bonchev–Trinajstić information content (AvgIpc) is 2.28. The Morgan fingerprint density at radius 1 is 1.50 bits per heavy atom. The highest BCUT2D eigenvalue weighted by Crippen LogP contribution is 1.97. The molecule has 6 heteroatoms. The predicted octanol–water partition coefficient (Wildman–Crippen LogP) is 1.07. The molecule has 16 heavy (non-hydrogen) atoms. The number of amidine groups is 1. The summed E-state index contributed by atoms with van der Waals surface area (Å²) in [6.07, 6.45) is 2.83. The van der Waals surface area contributed by atoms with E-state index < -0.39 is 6.16 Å². The standard InChI is InChI=1S/C10H13N3O3/c1-2-15-10(14)16-13-9(11)7-8-3-5-12-6-4-8/h3-6H,2,7H2,1H3,(H2,11,13). The van der Waals surface area contributed by atoms with Crippen molar-refractivity contribution >= 4 is 12.0 Å². The van der Waals surface area contributed by atoms with Crippen molar-refractivity contribution in [3.63, 3.8) is 0 Å². The first kappa shape index (κ1) is 12.0. The van der Waals surface area contributed by atoms with Gasteiger partial charge in [-0.2, -0.15) is 0 Å². The van der Waals surface area contributed by atoms with Crippen LogP contribution in [0, 0.1) is 0 Å². The first-order valence-electron chi connectivity index (χ1n) is 4.77. The van der Waals surface area contributed by atoms with E-state index in [1.807, 2.05) is 0 Å². The molecule has 86 valence electrons. The van der Waals surface area contributed by atoms with E-state index in [2.05, 4.69) is 19.7 Å². The Hall–Kier alpha value is -2.11. The quantitative estimate of drug-likeness (QED) is 0.271. The van der Waals surface area contributed by atoms with Crippen LogP contribution in [-0.2, 0) is 16.0 Å². The molecule has 0 spiro atoms. The maximum Gasteiger partial charge on any atom is 0.535 e. The molecular weight excluding hydrogens is 210 g/mol. The number of nitrogens with two attached hydrogens (primary N) is 1. The molecule has 0 bridgehead atoms. The highest BCUT2D eigenvalue weighted by molar-refractivity contribution is 5.82. The zero-order chi connectivity index (χ0) is 11.8. The molecule has 0 aliphatic carbocycles. The Morgan fingerprint density at radius 2 is 2.19 bits per heavy atom. The second-order valence-electron chi connectivity index (χ2n) is 2.89. The number of hydrogen-bond donors (Lipinski definition) is 1. The molecule has 1 aromatic heterocycles. The molecule has 0 unspecified atom stereocenters. The summed E-state index contributed by atoms with van der Waals surface area (Å²) in [5.74, 6) is 0.194. The molecule has 0 fully saturated rings. The summed E-state index contributed by atoms with van der Waals surface area (Å²) in [4.78, 5) is 19.1. The number of ether oxygens (including phenoxy) is 1. The van der Waals surface area contributed by atoms with Gasteiger partial charge in [-0.15, -0.1) is 0 Å². The summed E-state index contributed by atoms with van der Waals surface area (Å²) >= 11 is 0. The van der Waals surface area contributed by atoms with Crippen LogP contribution in [0.25, 0.3) is 0 Å². The van der Waals surface area contributed by atoms with Crippen LogP contribution in [0.5, 0.6) is 0 Å². The van der Waals surface area contributed by atoms with Crippen molar-refractivity contribution in [2.45, 2.75) is 13.3 Å². The molecule has 0 aliphatic heterocycles. The van der Waals surface area contributed by atoms with E-state index in [0.717, 1.165) is 5.56 Å². The molecule has 0 saturated heterocycles. The largest absolute Gasteiger partial charge is 0.535 e. The third-order valence-electron chi connectivity index (χ3n) is 1.63. The normalized spacial score (nSPS) is 10.9. The van der Waals surface area contributed by atoms with E-state index in [-0.39, 0.29) is 12.4 Å². The second kappa shape index (κ2) is 6.39. The van der Waals surface area contributed by atoms with E-state index in [4.69, 9.17) is 5.73 Å². The summed E-state index contributed by atoms with van der Waals surface area (Å²) in [5.41, 5.74) is 6.48. The van der Waals surface area contributed by atoms with Crippen LogP contribution in [0.3, 0.4) is 0 Å². The van der Waals surface area contributed by atoms with Gasteiger partial charge in [-0.1, -0.05) is 5.16 Å². The molecule has 0 amide bonds. The Labute approximate surface area is 93.1 Å². The highest BCUT2D eigenvalue weighted by atomic mass is 16.8. The summed E-state index contributed by atoms with van der Waals surface area (Å²) in [6.45, 7) is 1.91. The van der Waals surface area contributed by atoms with E-state index in [1.54, 1.807) is 31.5 Å². The fourth-order valence-corrected chi connectivity index (χ4v) is 0.982. The van der Waals surface area contributed by atoms with Crippen molar-refractivity contribution in [2.75, 3.05) is 6.61 Å². The molecule has 2 N–H and O–H groups in total. The number of pyridine rings is 1. The number of carbonyl (C=O) groups excluding carboxylic acids is 1. The van der Waals surface area contributed by atoms with Crippen LogP contribution < -0.4 is 5.73 Å². The van der Waals surface area contributed by atoms with Gasteiger partial charge in [0.05, 0.1) is 6.61 Å². The number of aromatic nitrogens is 1. The third kappa shape index (κ3) is 4.41. The molecule has 1 aromatic rings. The predicted molar refractivity (Wildman–Crippen MR) is 57.7 cm³/mol. The molecule has 0 aliphatic rings. The van der Waals surface area contributed by atoms with Gasteiger partial charge < -0.3 is 10.5 Å². The van der Waals surface area contributed by atoms with Crippen LogP contribution in [0.15, 0.2) is 29.7 Å². The van der Waals surface area contributed by atoms with Gasteiger partial charge in [-0.25, -0.2) is 4.79 Å². The zero-order valence-corrected chi connectivity index (χ0v) is 8.92. The number of rotatable bonds is 4. The van der Waals surface area contributed by atoms with E-state index >= 15 is 0 Å². The van der Waals surface area contributed by atoms with E-state index in [1.165, 1.54) is 0 Å². The van der Waals surface area contributed by atoms with Crippen molar-refractivity contribution in [3.05, 3.63) is 30.1 Å². The van der Waals surface area contributed by atoms with Gasteiger partial charge in [0.2, 0.25) is 0 Å². The van der Waals surface area contributed by atoms with Crippen molar-refractivity contribution in [3.8, 4) is 0 Å². The van der Waals surface area contributed by atoms with Crippen LogP contribution in [-0.4, -0.2) is 23.6 Å². The highest BCUT2D eigenvalue weighted by Gasteiger charge is 2.02. The summed E-state index contributed by atoms with van der Waals surface area (Å²) in [6, 6.07) is 3.60. The van der Waals surface area contributed by atoms with Crippen molar-refractivity contribution in [1.29, 1.82) is 0 Å². The van der Waals surface area contributed by atoms with Gasteiger partial charge >= 0.3 is 6.16 Å². The Bertz CT molecular complexity index is 365.